The second-order valence-electron chi connectivity index (χ2n) is 6.68. The van der Waals surface area contributed by atoms with Crippen LogP contribution < -0.4 is 9.47 Å². The van der Waals surface area contributed by atoms with Crippen LogP contribution in [0.2, 0.25) is 0 Å². The number of ether oxygens (including phenoxy) is 2. The van der Waals surface area contributed by atoms with Gasteiger partial charge in [0.05, 0.1) is 18.2 Å². The number of fused-ring (bicyclic) bond motifs is 1. The summed E-state index contributed by atoms with van der Waals surface area (Å²) in [6.07, 6.45) is 4.63. The van der Waals surface area contributed by atoms with Crippen molar-refractivity contribution in [3.8, 4) is 17.2 Å². The zero-order valence-corrected chi connectivity index (χ0v) is 14.7. The molecule has 1 aliphatic heterocycles. The lowest BCUT2D eigenvalue weighted by Crippen LogP contribution is -2.27. The van der Waals surface area contributed by atoms with Crippen molar-refractivity contribution >= 4 is 11.9 Å². The van der Waals surface area contributed by atoms with Crippen LogP contribution in [0.4, 0.5) is 0 Å². The average Bonchev–Trinajstić information content (AvgIpc) is 2.59. The molecule has 0 amide bonds. The van der Waals surface area contributed by atoms with Crippen LogP contribution in [0.3, 0.4) is 0 Å². The molecule has 0 saturated heterocycles. The van der Waals surface area contributed by atoms with E-state index in [2.05, 4.69) is 0 Å². The topological polar surface area (TPSA) is 55.8 Å². The molecule has 0 fully saturated rings. The Hall–Kier alpha value is -2.75. The number of aromatic hydroxyl groups is 1. The number of phenolic OH excluding ortho intramolecular Hbond substituents is 1. The van der Waals surface area contributed by atoms with Crippen LogP contribution in [0.15, 0.2) is 42.5 Å². The average molecular weight is 338 g/mol. The third kappa shape index (κ3) is 3.68. The Kier molecular flexibility index (Phi) is 4.53. The number of aryl methyl sites for hydroxylation is 1. The van der Waals surface area contributed by atoms with Gasteiger partial charge in [0.2, 0.25) is 0 Å². The van der Waals surface area contributed by atoms with E-state index in [0.717, 1.165) is 11.3 Å². The Labute approximate surface area is 147 Å². The first kappa shape index (κ1) is 17.1. The van der Waals surface area contributed by atoms with Crippen LogP contribution in [0, 0.1) is 0 Å². The summed E-state index contributed by atoms with van der Waals surface area (Å²) in [5.41, 5.74) is 1.53. The molecule has 0 radical (unpaired) electrons. The van der Waals surface area contributed by atoms with E-state index in [4.69, 9.17) is 9.47 Å². The molecule has 2 aromatic rings. The van der Waals surface area contributed by atoms with Gasteiger partial charge in [-0.1, -0.05) is 12.1 Å². The fraction of sp³-hybridized carbons (Fsp3) is 0.286. The van der Waals surface area contributed by atoms with E-state index in [1.807, 2.05) is 50.3 Å². The van der Waals surface area contributed by atoms with E-state index in [1.165, 1.54) is 0 Å². The molecule has 0 spiro atoms. The molecular formula is C21H22O4. The van der Waals surface area contributed by atoms with Crippen molar-refractivity contribution in [2.75, 3.05) is 7.11 Å². The summed E-state index contributed by atoms with van der Waals surface area (Å²) in [7, 11) is 1.62. The van der Waals surface area contributed by atoms with Gasteiger partial charge in [0.25, 0.3) is 0 Å². The van der Waals surface area contributed by atoms with Crippen LogP contribution >= 0.6 is 0 Å². The summed E-state index contributed by atoms with van der Waals surface area (Å²) in [6, 6.07) is 11.0. The number of rotatable bonds is 5. The summed E-state index contributed by atoms with van der Waals surface area (Å²) in [6.45, 7) is 3.88. The number of carbonyl (C=O) groups is 1. The Bertz CT molecular complexity index is 817. The molecule has 3 rings (SSSR count). The first-order valence-electron chi connectivity index (χ1n) is 8.30. The molecule has 1 aliphatic rings. The summed E-state index contributed by atoms with van der Waals surface area (Å²) in [5, 5.41) is 10.5. The van der Waals surface area contributed by atoms with Gasteiger partial charge >= 0.3 is 0 Å². The van der Waals surface area contributed by atoms with Crippen LogP contribution in [-0.4, -0.2) is 23.6 Å². The SMILES string of the molecule is COc1ccc(CCC(=O)c2ccc3c(c2O)C=CC(C)(C)O3)cc1. The summed E-state index contributed by atoms with van der Waals surface area (Å²) in [4.78, 5) is 12.5. The molecule has 1 heterocycles. The molecule has 25 heavy (non-hydrogen) atoms. The second kappa shape index (κ2) is 6.63. The van der Waals surface area contributed by atoms with Crippen molar-refractivity contribution in [1.82, 2.24) is 0 Å². The van der Waals surface area contributed by atoms with Gasteiger partial charge in [-0.15, -0.1) is 0 Å². The van der Waals surface area contributed by atoms with E-state index in [1.54, 1.807) is 19.2 Å². The number of hydrogen-bond donors (Lipinski definition) is 1. The molecule has 0 aromatic heterocycles. The number of hydrogen-bond acceptors (Lipinski definition) is 4. The number of carbonyl (C=O) groups excluding carboxylic acids is 1. The smallest absolute Gasteiger partial charge is 0.166 e. The van der Waals surface area contributed by atoms with E-state index < -0.39 is 5.60 Å². The van der Waals surface area contributed by atoms with Crippen molar-refractivity contribution in [3.63, 3.8) is 0 Å². The maximum Gasteiger partial charge on any atom is 0.166 e. The molecular weight excluding hydrogens is 316 g/mol. The highest BCUT2D eigenvalue weighted by atomic mass is 16.5. The zero-order chi connectivity index (χ0) is 18.0. The van der Waals surface area contributed by atoms with Gasteiger partial charge in [0.15, 0.2) is 5.78 Å². The van der Waals surface area contributed by atoms with Crippen LogP contribution in [0.1, 0.15) is 41.8 Å². The molecule has 130 valence electrons. The van der Waals surface area contributed by atoms with Crippen molar-refractivity contribution in [3.05, 3.63) is 59.2 Å². The highest BCUT2D eigenvalue weighted by molar-refractivity contribution is 6.00. The lowest BCUT2D eigenvalue weighted by molar-refractivity contribution is 0.0980. The van der Waals surface area contributed by atoms with Gasteiger partial charge in [-0.3, -0.25) is 4.79 Å². The summed E-state index contributed by atoms with van der Waals surface area (Å²) in [5.74, 6) is 1.28. The quantitative estimate of drug-likeness (QED) is 0.821. The minimum absolute atomic E-state index is 0.0102. The molecule has 1 N–H and O–H groups in total. The third-order valence-corrected chi connectivity index (χ3v) is 4.30. The molecule has 4 heteroatoms. The monoisotopic (exact) mass is 338 g/mol. The first-order chi connectivity index (χ1) is 11.9. The summed E-state index contributed by atoms with van der Waals surface area (Å²) < 4.78 is 10.9. The number of phenols is 1. The summed E-state index contributed by atoms with van der Waals surface area (Å²) >= 11 is 0. The van der Waals surface area contributed by atoms with Gasteiger partial charge in [-0.25, -0.2) is 0 Å². The molecule has 0 saturated carbocycles. The van der Waals surface area contributed by atoms with Crippen LogP contribution in [-0.2, 0) is 6.42 Å². The fourth-order valence-electron chi connectivity index (χ4n) is 2.85. The first-order valence-corrected chi connectivity index (χ1v) is 8.30. The van der Waals surface area contributed by atoms with Gasteiger partial charge in [-0.2, -0.15) is 0 Å². The molecule has 2 aromatic carbocycles. The predicted octanol–water partition coefficient (Wildman–Crippen LogP) is 4.40. The Morgan fingerprint density at radius 1 is 1.16 bits per heavy atom. The Balaban J connectivity index is 1.74. The minimum Gasteiger partial charge on any atom is -0.506 e. The van der Waals surface area contributed by atoms with Crippen LogP contribution in [0.5, 0.6) is 17.2 Å². The third-order valence-electron chi connectivity index (χ3n) is 4.30. The normalized spacial score (nSPS) is 14.5. The largest absolute Gasteiger partial charge is 0.506 e. The predicted molar refractivity (Wildman–Crippen MR) is 97.5 cm³/mol. The van der Waals surface area contributed by atoms with E-state index in [9.17, 15) is 9.90 Å². The lowest BCUT2D eigenvalue weighted by Gasteiger charge is -2.28. The van der Waals surface area contributed by atoms with E-state index in [-0.39, 0.29) is 11.5 Å². The lowest BCUT2D eigenvalue weighted by atomic mass is 9.96. The fourth-order valence-corrected chi connectivity index (χ4v) is 2.85. The van der Waals surface area contributed by atoms with Gasteiger partial charge in [0, 0.05) is 6.42 Å². The van der Waals surface area contributed by atoms with Gasteiger partial charge in [0.1, 0.15) is 22.8 Å². The van der Waals surface area contributed by atoms with E-state index >= 15 is 0 Å². The molecule has 4 nitrogen and oxygen atoms in total. The molecule has 0 bridgehead atoms. The number of benzene rings is 2. The minimum atomic E-state index is -0.417. The van der Waals surface area contributed by atoms with Crippen molar-refractivity contribution in [1.29, 1.82) is 0 Å². The standard InChI is InChI=1S/C21H22O4/c1-21(2)13-12-17-19(25-21)11-9-16(20(17)23)18(22)10-6-14-4-7-15(24-3)8-5-14/h4-5,7-9,11-13,23H,6,10H2,1-3H3. The zero-order valence-electron chi connectivity index (χ0n) is 14.7. The maximum absolute atomic E-state index is 12.5. The number of ketones is 1. The molecule has 0 aliphatic carbocycles. The Morgan fingerprint density at radius 2 is 1.88 bits per heavy atom. The number of methoxy groups -OCH3 is 1. The highest BCUT2D eigenvalue weighted by Crippen LogP contribution is 2.38. The van der Waals surface area contributed by atoms with Crippen LogP contribution in [0.25, 0.3) is 6.08 Å². The van der Waals surface area contributed by atoms with Gasteiger partial charge in [-0.05, 0) is 62.2 Å². The Morgan fingerprint density at radius 3 is 2.56 bits per heavy atom. The second-order valence-corrected chi connectivity index (χ2v) is 6.68. The number of Topliss-reactive ketones (excluding diaryl/α,β-unsaturated/α-hetero) is 1. The van der Waals surface area contributed by atoms with Gasteiger partial charge < -0.3 is 14.6 Å². The van der Waals surface area contributed by atoms with Crippen molar-refractivity contribution in [2.45, 2.75) is 32.3 Å². The highest BCUT2D eigenvalue weighted by Gasteiger charge is 2.25. The van der Waals surface area contributed by atoms with Crippen molar-refractivity contribution in [2.24, 2.45) is 0 Å². The maximum atomic E-state index is 12.5. The van der Waals surface area contributed by atoms with Crippen molar-refractivity contribution < 1.29 is 19.4 Å². The molecule has 0 unspecified atom stereocenters. The molecule has 0 atom stereocenters. The van der Waals surface area contributed by atoms with E-state index in [0.29, 0.717) is 29.7 Å².